The van der Waals surface area contributed by atoms with Crippen LogP contribution < -0.4 is 9.47 Å². The topological polar surface area (TPSA) is 71.1 Å². The van der Waals surface area contributed by atoms with Crippen molar-refractivity contribution in [3.8, 4) is 11.5 Å². The number of rotatable bonds is 8. The van der Waals surface area contributed by atoms with Crippen molar-refractivity contribution < 1.29 is 28.5 Å². The first-order valence-corrected chi connectivity index (χ1v) is 9.61. The van der Waals surface area contributed by atoms with Crippen molar-refractivity contribution in [1.29, 1.82) is 0 Å². The first-order valence-electron chi connectivity index (χ1n) is 9.61. The van der Waals surface area contributed by atoms with E-state index in [9.17, 15) is 9.59 Å². The highest BCUT2D eigenvalue weighted by Gasteiger charge is 2.47. The van der Waals surface area contributed by atoms with Crippen molar-refractivity contribution in [2.24, 2.45) is 5.41 Å². The number of hydrogen-bond donors (Lipinski definition) is 0. The standard InChI is InChI=1S/C23H26O6/c1-23(2)15-27-22(25)20(23)29-21(24)19(14-9-16-7-5-4-6-8-16)28-18-12-10-17(26-3)11-13-18/h4-8,10-13,19-20H,9,14-15H2,1-3H3/t19-,20-/m0/s1. The summed E-state index contributed by atoms with van der Waals surface area (Å²) in [5.74, 6) is 0.119. The Labute approximate surface area is 170 Å². The van der Waals surface area contributed by atoms with E-state index in [2.05, 4.69) is 0 Å². The fourth-order valence-corrected chi connectivity index (χ4v) is 3.11. The second kappa shape index (κ2) is 8.99. The predicted molar refractivity (Wildman–Crippen MR) is 107 cm³/mol. The van der Waals surface area contributed by atoms with Gasteiger partial charge in [0.1, 0.15) is 18.1 Å². The molecular weight excluding hydrogens is 372 g/mol. The van der Waals surface area contributed by atoms with Crippen LogP contribution in [0.4, 0.5) is 0 Å². The maximum atomic E-state index is 12.9. The van der Waals surface area contributed by atoms with Crippen LogP contribution >= 0.6 is 0 Å². The van der Waals surface area contributed by atoms with Gasteiger partial charge in [-0.15, -0.1) is 0 Å². The quantitative estimate of drug-likeness (QED) is 0.633. The van der Waals surface area contributed by atoms with Gasteiger partial charge in [0.2, 0.25) is 6.10 Å². The minimum Gasteiger partial charge on any atom is -0.497 e. The van der Waals surface area contributed by atoms with E-state index in [0.717, 1.165) is 5.56 Å². The van der Waals surface area contributed by atoms with Crippen LogP contribution in [0.1, 0.15) is 25.8 Å². The van der Waals surface area contributed by atoms with Crippen molar-refractivity contribution in [3.05, 3.63) is 60.2 Å². The van der Waals surface area contributed by atoms with E-state index in [1.165, 1.54) is 0 Å². The molecule has 0 amide bonds. The molecule has 0 saturated carbocycles. The Morgan fingerprint density at radius 1 is 1.10 bits per heavy atom. The highest BCUT2D eigenvalue weighted by atomic mass is 16.6. The summed E-state index contributed by atoms with van der Waals surface area (Å²) < 4.78 is 21.7. The Morgan fingerprint density at radius 2 is 1.76 bits per heavy atom. The second-order valence-corrected chi connectivity index (χ2v) is 7.72. The largest absolute Gasteiger partial charge is 0.497 e. The van der Waals surface area contributed by atoms with Crippen LogP contribution in [0.5, 0.6) is 11.5 Å². The van der Waals surface area contributed by atoms with E-state index in [1.54, 1.807) is 31.4 Å². The van der Waals surface area contributed by atoms with Crippen molar-refractivity contribution in [3.63, 3.8) is 0 Å². The molecule has 1 aliphatic rings. The maximum absolute atomic E-state index is 12.9. The Bertz CT molecular complexity index is 828. The molecule has 2 aromatic carbocycles. The Kier molecular flexibility index (Phi) is 6.42. The Hall–Kier alpha value is -3.02. The zero-order valence-corrected chi connectivity index (χ0v) is 16.9. The molecule has 3 rings (SSSR count). The van der Waals surface area contributed by atoms with E-state index in [4.69, 9.17) is 18.9 Å². The van der Waals surface area contributed by atoms with Crippen LogP contribution in [-0.2, 0) is 25.5 Å². The van der Waals surface area contributed by atoms with Crippen molar-refractivity contribution >= 4 is 11.9 Å². The number of aryl methyl sites for hydroxylation is 1. The van der Waals surface area contributed by atoms with Crippen LogP contribution in [0.15, 0.2) is 54.6 Å². The van der Waals surface area contributed by atoms with Gasteiger partial charge in [-0.1, -0.05) is 44.2 Å². The first kappa shape index (κ1) is 20.7. The number of carbonyl (C=O) groups excluding carboxylic acids is 2. The molecule has 6 heteroatoms. The summed E-state index contributed by atoms with van der Waals surface area (Å²) in [5.41, 5.74) is 0.515. The molecule has 0 unspecified atom stereocenters. The lowest BCUT2D eigenvalue weighted by atomic mass is 9.90. The van der Waals surface area contributed by atoms with Crippen molar-refractivity contribution in [1.82, 2.24) is 0 Å². The van der Waals surface area contributed by atoms with Gasteiger partial charge in [0.05, 0.1) is 7.11 Å². The van der Waals surface area contributed by atoms with Crippen LogP contribution in [0.3, 0.4) is 0 Å². The van der Waals surface area contributed by atoms with Crippen molar-refractivity contribution in [2.75, 3.05) is 13.7 Å². The molecule has 1 heterocycles. The molecule has 1 fully saturated rings. The molecule has 6 nitrogen and oxygen atoms in total. The molecular formula is C23H26O6. The highest BCUT2D eigenvalue weighted by molar-refractivity contribution is 5.83. The summed E-state index contributed by atoms with van der Waals surface area (Å²) in [5, 5.41) is 0. The summed E-state index contributed by atoms with van der Waals surface area (Å²) in [6.07, 6.45) is -0.742. The third kappa shape index (κ3) is 5.28. The smallest absolute Gasteiger partial charge is 0.348 e. The third-order valence-electron chi connectivity index (χ3n) is 4.88. The van der Waals surface area contributed by atoms with E-state index >= 15 is 0 Å². The van der Waals surface area contributed by atoms with Crippen LogP contribution in [0, 0.1) is 5.41 Å². The lowest BCUT2D eigenvalue weighted by Crippen LogP contribution is -2.40. The van der Waals surface area contributed by atoms with Crippen LogP contribution in [0.25, 0.3) is 0 Å². The summed E-state index contributed by atoms with van der Waals surface area (Å²) in [6, 6.07) is 16.8. The third-order valence-corrected chi connectivity index (χ3v) is 4.88. The SMILES string of the molecule is COc1ccc(O[C@@H](CCc2ccccc2)C(=O)O[C@H]2C(=O)OCC2(C)C)cc1. The summed E-state index contributed by atoms with van der Waals surface area (Å²) in [7, 11) is 1.58. The Balaban J connectivity index is 1.73. The number of benzene rings is 2. The van der Waals surface area contributed by atoms with Gasteiger partial charge in [-0.25, -0.2) is 9.59 Å². The van der Waals surface area contributed by atoms with Crippen LogP contribution in [0.2, 0.25) is 0 Å². The van der Waals surface area contributed by atoms with E-state index in [0.29, 0.717) is 24.3 Å². The van der Waals surface area contributed by atoms with Gasteiger partial charge >= 0.3 is 11.9 Å². The summed E-state index contributed by atoms with van der Waals surface area (Å²) >= 11 is 0. The zero-order valence-electron chi connectivity index (χ0n) is 16.9. The van der Waals surface area contributed by atoms with Crippen LogP contribution in [-0.4, -0.2) is 37.9 Å². The molecule has 1 aliphatic heterocycles. The summed E-state index contributed by atoms with van der Waals surface area (Å²) in [6.45, 7) is 3.89. The van der Waals surface area contributed by atoms with Gasteiger partial charge in [0, 0.05) is 5.41 Å². The normalized spacial score (nSPS) is 18.6. The molecule has 0 aromatic heterocycles. The van der Waals surface area contributed by atoms with E-state index in [1.807, 2.05) is 44.2 Å². The maximum Gasteiger partial charge on any atom is 0.348 e. The molecule has 0 bridgehead atoms. The molecule has 0 spiro atoms. The number of hydrogen-bond acceptors (Lipinski definition) is 6. The fourth-order valence-electron chi connectivity index (χ4n) is 3.11. The van der Waals surface area contributed by atoms with E-state index < -0.39 is 29.6 Å². The minimum atomic E-state index is -0.936. The lowest BCUT2D eigenvalue weighted by molar-refractivity contribution is -0.168. The monoisotopic (exact) mass is 398 g/mol. The van der Waals surface area contributed by atoms with Gasteiger partial charge in [-0.2, -0.15) is 0 Å². The van der Waals surface area contributed by atoms with Gasteiger partial charge in [-0.05, 0) is 42.7 Å². The average molecular weight is 398 g/mol. The van der Waals surface area contributed by atoms with Gasteiger partial charge in [0.25, 0.3) is 0 Å². The number of ether oxygens (including phenoxy) is 4. The molecule has 2 aromatic rings. The summed E-state index contributed by atoms with van der Waals surface area (Å²) in [4.78, 5) is 24.9. The van der Waals surface area contributed by atoms with Gasteiger partial charge in [0.15, 0.2) is 6.10 Å². The predicted octanol–water partition coefficient (Wildman–Crippen LogP) is 3.57. The fraction of sp³-hybridized carbons (Fsp3) is 0.391. The molecule has 0 radical (unpaired) electrons. The molecule has 1 saturated heterocycles. The highest BCUT2D eigenvalue weighted by Crippen LogP contribution is 2.31. The zero-order chi connectivity index (χ0) is 20.9. The van der Waals surface area contributed by atoms with E-state index in [-0.39, 0.29) is 6.61 Å². The van der Waals surface area contributed by atoms with Gasteiger partial charge < -0.3 is 18.9 Å². The second-order valence-electron chi connectivity index (χ2n) is 7.72. The molecule has 2 atom stereocenters. The van der Waals surface area contributed by atoms with Gasteiger partial charge in [-0.3, -0.25) is 0 Å². The molecule has 29 heavy (non-hydrogen) atoms. The first-order chi connectivity index (χ1) is 13.9. The number of esters is 2. The number of carbonyl (C=O) groups is 2. The Morgan fingerprint density at radius 3 is 2.34 bits per heavy atom. The molecule has 0 aliphatic carbocycles. The molecule has 154 valence electrons. The number of cyclic esters (lactones) is 1. The molecule has 0 N–H and O–H groups in total. The number of methoxy groups -OCH3 is 1. The minimum absolute atomic E-state index is 0.220. The average Bonchev–Trinajstić information content (AvgIpc) is 2.99. The lowest BCUT2D eigenvalue weighted by Gasteiger charge is -2.25. The van der Waals surface area contributed by atoms with Crippen molar-refractivity contribution in [2.45, 2.75) is 38.9 Å².